The number of hydrogen-bond acceptors (Lipinski definition) is 3. The quantitative estimate of drug-likeness (QED) is 0.842. The summed E-state index contributed by atoms with van der Waals surface area (Å²) in [6.07, 6.45) is 1.17. The van der Waals surface area contributed by atoms with Crippen molar-refractivity contribution in [2.45, 2.75) is 33.6 Å². The molecule has 0 aliphatic rings. The molecule has 0 atom stereocenters. The molecule has 0 heterocycles. The first-order valence-corrected chi connectivity index (χ1v) is 6.16. The van der Waals surface area contributed by atoms with Crippen LogP contribution in [0.15, 0.2) is 6.07 Å². The van der Waals surface area contributed by atoms with Crippen LogP contribution in [0.25, 0.3) is 0 Å². The van der Waals surface area contributed by atoms with E-state index in [1.54, 1.807) is 7.11 Å². The van der Waals surface area contributed by atoms with Gasteiger partial charge in [0.2, 0.25) is 5.91 Å². The number of carbonyl (C=O) groups is 1. The number of rotatable bonds is 5. The molecule has 0 unspecified atom stereocenters. The van der Waals surface area contributed by atoms with Gasteiger partial charge in [0.05, 0.1) is 7.11 Å². The Hall–Kier alpha value is -1.55. The van der Waals surface area contributed by atoms with Crippen LogP contribution in [-0.4, -0.2) is 19.6 Å². The van der Waals surface area contributed by atoms with Gasteiger partial charge in [0.25, 0.3) is 0 Å². The van der Waals surface area contributed by atoms with Crippen molar-refractivity contribution in [1.82, 2.24) is 0 Å². The van der Waals surface area contributed by atoms with Crippen molar-refractivity contribution in [1.29, 1.82) is 0 Å². The number of ether oxygens (including phenoxy) is 1. The number of anilines is 1. The summed E-state index contributed by atoms with van der Waals surface area (Å²) < 4.78 is 5.35. The van der Waals surface area contributed by atoms with Gasteiger partial charge in [0.1, 0.15) is 5.75 Å². The Morgan fingerprint density at radius 1 is 1.33 bits per heavy atom. The highest BCUT2D eigenvalue weighted by Crippen LogP contribution is 2.31. The number of benzene rings is 1. The van der Waals surface area contributed by atoms with Gasteiger partial charge in [0.15, 0.2) is 0 Å². The smallest absolute Gasteiger partial charge is 0.224 e. The zero-order valence-electron chi connectivity index (χ0n) is 11.6. The van der Waals surface area contributed by atoms with Gasteiger partial charge in [-0.05, 0) is 56.5 Å². The first-order valence-electron chi connectivity index (χ1n) is 6.16. The van der Waals surface area contributed by atoms with E-state index in [-0.39, 0.29) is 5.91 Å². The zero-order chi connectivity index (χ0) is 13.7. The SMILES string of the molecule is COc1c(C)cc(NC(=O)CCCN)c(C)c1C. The molecular weight excluding hydrogens is 228 g/mol. The summed E-state index contributed by atoms with van der Waals surface area (Å²) >= 11 is 0. The predicted molar refractivity (Wildman–Crippen MR) is 74.1 cm³/mol. The summed E-state index contributed by atoms with van der Waals surface area (Å²) in [6, 6.07) is 1.95. The van der Waals surface area contributed by atoms with Gasteiger partial charge < -0.3 is 15.8 Å². The number of methoxy groups -OCH3 is 1. The molecular formula is C14H22N2O2. The molecule has 4 heteroatoms. The Balaban J connectivity index is 2.94. The van der Waals surface area contributed by atoms with Crippen LogP contribution in [0.2, 0.25) is 0 Å². The largest absolute Gasteiger partial charge is 0.496 e. The van der Waals surface area contributed by atoms with Crippen LogP contribution in [0.1, 0.15) is 29.5 Å². The van der Waals surface area contributed by atoms with E-state index in [1.807, 2.05) is 26.8 Å². The molecule has 0 aromatic heterocycles. The number of carbonyl (C=O) groups excluding carboxylic acids is 1. The van der Waals surface area contributed by atoms with E-state index in [9.17, 15) is 4.79 Å². The van der Waals surface area contributed by atoms with Crippen molar-refractivity contribution < 1.29 is 9.53 Å². The topological polar surface area (TPSA) is 64.3 Å². The average molecular weight is 250 g/mol. The first-order chi connectivity index (χ1) is 8.51. The summed E-state index contributed by atoms with van der Waals surface area (Å²) in [5.74, 6) is 0.889. The van der Waals surface area contributed by atoms with Gasteiger partial charge in [0, 0.05) is 12.1 Å². The molecule has 1 amide bonds. The van der Waals surface area contributed by atoms with Crippen LogP contribution in [0.5, 0.6) is 5.75 Å². The van der Waals surface area contributed by atoms with Crippen molar-refractivity contribution >= 4 is 11.6 Å². The van der Waals surface area contributed by atoms with E-state index in [0.29, 0.717) is 19.4 Å². The molecule has 4 nitrogen and oxygen atoms in total. The highest BCUT2D eigenvalue weighted by molar-refractivity contribution is 5.92. The third-order valence-electron chi connectivity index (χ3n) is 3.11. The van der Waals surface area contributed by atoms with E-state index in [0.717, 1.165) is 28.1 Å². The summed E-state index contributed by atoms with van der Waals surface area (Å²) in [7, 11) is 1.66. The monoisotopic (exact) mass is 250 g/mol. The van der Waals surface area contributed by atoms with Crippen molar-refractivity contribution in [2.75, 3.05) is 19.0 Å². The molecule has 3 N–H and O–H groups in total. The molecule has 0 radical (unpaired) electrons. The number of aryl methyl sites for hydroxylation is 1. The van der Waals surface area contributed by atoms with E-state index in [1.165, 1.54) is 0 Å². The second-order valence-electron chi connectivity index (χ2n) is 4.46. The fourth-order valence-corrected chi connectivity index (χ4v) is 1.98. The molecule has 0 saturated heterocycles. The van der Waals surface area contributed by atoms with Gasteiger partial charge in [-0.15, -0.1) is 0 Å². The zero-order valence-corrected chi connectivity index (χ0v) is 11.6. The van der Waals surface area contributed by atoms with E-state index in [2.05, 4.69) is 5.32 Å². The van der Waals surface area contributed by atoms with Crippen molar-refractivity contribution in [3.8, 4) is 5.75 Å². The van der Waals surface area contributed by atoms with Crippen LogP contribution in [-0.2, 0) is 4.79 Å². The van der Waals surface area contributed by atoms with Gasteiger partial charge in [-0.2, -0.15) is 0 Å². The summed E-state index contributed by atoms with van der Waals surface area (Å²) in [6.45, 7) is 6.49. The Kier molecular flexibility index (Phi) is 5.16. The summed E-state index contributed by atoms with van der Waals surface area (Å²) in [5.41, 5.74) is 9.37. The number of hydrogen-bond donors (Lipinski definition) is 2. The predicted octanol–water partition coefficient (Wildman–Crippen LogP) is 2.30. The Bertz CT molecular complexity index is 442. The second kappa shape index (κ2) is 6.40. The van der Waals surface area contributed by atoms with Crippen LogP contribution in [0.4, 0.5) is 5.69 Å². The highest BCUT2D eigenvalue weighted by Gasteiger charge is 2.12. The maximum Gasteiger partial charge on any atom is 0.224 e. The van der Waals surface area contributed by atoms with Crippen LogP contribution >= 0.6 is 0 Å². The standard InChI is InChI=1S/C14H22N2O2/c1-9-8-12(16-13(17)6-5-7-15)10(2)11(3)14(9)18-4/h8H,5-7,15H2,1-4H3,(H,16,17). The normalized spacial score (nSPS) is 10.3. The average Bonchev–Trinajstić information content (AvgIpc) is 2.33. The lowest BCUT2D eigenvalue weighted by Gasteiger charge is -2.16. The minimum Gasteiger partial charge on any atom is -0.496 e. The van der Waals surface area contributed by atoms with E-state index < -0.39 is 0 Å². The fraction of sp³-hybridized carbons (Fsp3) is 0.500. The third kappa shape index (κ3) is 3.23. The Labute approximate surface area is 109 Å². The van der Waals surface area contributed by atoms with E-state index in [4.69, 9.17) is 10.5 Å². The minimum atomic E-state index is 0.00696. The molecule has 100 valence electrons. The minimum absolute atomic E-state index is 0.00696. The van der Waals surface area contributed by atoms with Gasteiger partial charge in [-0.3, -0.25) is 4.79 Å². The lowest BCUT2D eigenvalue weighted by molar-refractivity contribution is -0.116. The number of nitrogens with one attached hydrogen (secondary N) is 1. The fourth-order valence-electron chi connectivity index (χ4n) is 1.98. The second-order valence-corrected chi connectivity index (χ2v) is 4.46. The Morgan fingerprint density at radius 2 is 2.00 bits per heavy atom. The molecule has 1 aromatic rings. The van der Waals surface area contributed by atoms with Crippen LogP contribution in [0, 0.1) is 20.8 Å². The van der Waals surface area contributed by atoms with Gasteiger partial charge in [-0.1, -0.05) is 0 Å². The number of amides is 1. The molecule has 1 rings (SSSR count). The van der Waals surface area contributed by atoms with Crippen molar-refractivity contribution in [3.05, 3.63) is 22.8 Å². The molecule has 0 aliphatic heterocycles. The van der Waals surface area contributed by atoms with Crippen LogP contribution < -0.4 is 15.8 Å². The molecule has 0 saturated carbocycles. The molecule has 18 heavy (non-hydrogen) atoms. The lowest BCUT2D eigenvalue weighted by Crippen LogP contribution is -2.14. The lowest BCUT2D eigenvalue weighted by atomic mass is 10.0. The van der Waals surface area contributed by atoms with E-state index >= 15 is 0 Å². The van der Waals surface area contributed by atoms with Crippen LogP contribution in [0.3, 0.4) is 0 Å². The summed E-state index contributed by atoms with van der Waals surface area (Å²) in [5, 5.41) is 2.93. The molecule has 0 fully saturated rings. The molecule has 0 aliphatic carbocycles. The van der Waals surface area contributed by atoms with Gasteiger partial charge in [-0.25, -0.2) is 0 Å². The maximum absolute atomic E-state index is 11.7. The summed E-state index contributed by atoms with van der Waals surface area (Å²) in [4.78, 5) is 11.7. The Morgan fingerprint density at radius 3 is 2.56 bits per heavy atom. The van der Waals surface area contributed by atoms with Crippen molar-refractivity contribution in [3.63, 3.8) is 0 Å². The molecule has 1 aromatic carbocycles. The molecule has 0 spiro atoms. The highest BCUT2D eigenvalue weighted by atomic mass is 16.5. The van der Waals surface area contributed by atoms with Gasteiger partial charge >= 0.3 is 0 Å². The third-order valence-corrected chi connectivity index (χ3v) is 3.11. The molecule has 0 bridgehead atoms. The number of nitrogens with two attached hydrogens (primary N) is 1. The first kappa shape index (κ1) is 14.5. The maximum atomic E-state index is 11.7. The van der Waals surface area contributed by atoms with Crippen molar-refractivity contribution in [2.24, 2.45) is 5.73 Å².